The SMILES string of the molecule is CN(C[C@@H]1CCN(C)C1(C)C)C(=O)Cn1cccnc1=O. The smallest absolute Gasteiger partial charge is 0.344 e. The molecule has 6 heteroatoms. The molecule has 2 rings (SSSR count). The number of carbonyl (C=O) groups excluding carboxylic acids is 1. The van der Waals surface area contributed by atoms with Crippen LogP contribution in [0.15, 0.2) is 23.3 Å². The van der Waals surface area contributed by atoms with Gasteiger partial charge in [0.2, 0.25) is 5.91 Å². The highest BCUT2D eigenvalue weighted by atomic mass is 16.2. The van der Waals surface area contributed by atoms with Gasteiger partial charge in [0.05, 0.1) is 0 Å². The van der Waals surface area contributed by atoms with Crippen molar-refractivity contribution in [3.63, 3.8) is 0 Å². The number of likely N-dealkylation sites (N-methyl/N-ethyl adjacent to an activating group) is 1. The fraction of sp³-hybridized carbons (Fsp3) is 0.667. The lowest BCUT2D eigenvalue weighted by atomic mass is 9.88. The predicted octanol–water partition coefficient (Wildman–Crippen LogP) is 0.432. The van der Waals surface area contributed by atoms with Gasteiger partial charge in [-0.2, -0.15) is 0 Å². The zero-order valence-electron chi connectivity index (χ0n) is 13.2. The number of aromatic nitrogens is 2. The Balaban J connectivity index is 1.98. The van der Waals surface area contributed by atoms with E-state index in [1.807, 2.05) is 0 Å². The molecule has 21 heavy (non-hydrogen) atoms. The maximum Gasteiger partial charge on any atom is 0.347 e. The van der Waals surface area contributed by atoms with E-state index in [0.29, 0.717) is 12.5 Å². The van der Waals surface area contributed by atoms with Gasteiger partial charge >= 0.3 is 5.69 Å². The zero-order chi connectivity index (χ0) is 15.6. The number of hydrogen-bond acceptors (Lipinski definition) is 4. The summed E-state index contributed by atoms with van der Waals surface area (Å²) in [6, 6.07) is 1.66. The lowest BCUT2D eigenvalue weighted by Crippen LogP contribution is -2.45. The first-order chi connectivity index (χ1) is 9.82. The molecule has 0 spiro atoms. The predicted molar refractivity (Wildman–Crippen MR) is 81.0 cm³/mol. The average molecular weight is 292 g/mol. The summed E-state index contributed by atoms with van der Waals surface area (Å²) in [6.45, 7) is 6.25. The molecule has 0 aliphatic carbocycles. The molecule has 116 valence electrons. The standard InChI is InChI=1S/C15H24N4O2/c1-15(2)12(6-9-18(15)4)10-17(3)13(20)11-19-8-5-7-16-14(19)21/h5,7-8,12H,6,9-11H2,1-4H3/t12-/m0/s1. The quantitative estimate of drug-likeness (QED) is 0.807. The van der Waals surface area contributed by atoms with Crippen molar-refractivity contribution in [2.45, 2.75) is 32.4 Å². The first-order valence-electron chi connectivity index (χ1n) is 7.29. The molecule has 1 aliphatic rings. The van der Waals surface area contributed by atoms with Crippen molar-refractivity contribution in [2.24, 2.45) is 5.92 Å². The highest BCUT2D eigenvalue weighted by Crippen LogP contribution is 2.33. The first-order valence-corrected chi connectivity index (χ1v) is 7.29. The zero-order valence-corrected chi connectivity index (χ0v) is 13.2. The van der Waals surface area contributed by atoms with Crippen LogP contribution in [0.2, 0.25) is 0 Å². The van der Waals surface area contributed by atoms with E-state index in [4.69, 9.17) is 0 Å². The number of rotatable bonds is 4. The number of carbonyl (C=O) groups is 1. The Morgan fingerprint density at radius 1 is 1.52 bits per heavy atom. The maximum atomic E-state index is 12.3. The van der Waals surface area contributed by atoms with Gasteiger partial charge in [-0.3, -0.25) is 9.36 Å². The summed E-state index contributed by atoms with van der Waals surface area (Å²) in [7, 11) is 3.93. The average Bonchev–Trinajstić information content (AvgIpc) is 2.68. The molecule has 0 saturated carbocycles. The Bertz CT molecular complexity index is 567. The Morgan fingerprint density at radius 2 is 2.24 bits per heavy atom. The van der Waals surface area contributed by atoms with E-state index >= 15 is 0 Å². The van der Waals surface area contributed by atoms with Crippen molar-refractivity contribution >= 4 is 5.91 Å². The molecule has 0 aromatic carbocycles. The minimum atomic E-state index is -0.389. The number of likely N-dealkylation sites (tertiary alicyclic amines) is 1. The molecule has 1 aromatic rings. The van der Waals surface area contributed by atoms with Gasteiger partial charge < -0.3 is 9.80 Å². The maximum absolute atomic E-state index is 12.3. The van der Waals surface area contributed by atoms with Crippen LogP contribution < -0.4 is 5.69 Å². The van der Waals surface area contributed by atoms with E-state index < -0.39 is 0 Å². The fourth-order valence-corrected chi connectivity index (χ4v) is 2.82. The van der Waals surface area contributed by atoms with Crippen molar-refractivity contribution in [3.05, 3.63) is 28.9 Å². The summed E-state index contributed by atoms with van der Waals surface area (Å²) in [4.78, 5) is 31.5. The molecule has 1 fully saturated rings. The Morgan fingerprint density at radius 3 is 2.81 bits per heavy atom. The fourth-order valence-electron chi connectivity index (χ4n) is 2.82. The largest absolute Gasteiger partial charge is 0.347 e. The minimum absolute atomic E-state index is 0.0478. The molecule has 0 N–H and O–H groups in total. The highest BCUT2D eigenvalue weighted by molar-refractivity contribution is 5.75. The Hall–Kier alpha value is -1.69. The lowest BCUT2D eigenvalue weighted by Gasteiger charge is -2.35. The third-order valence-corrected chi connectivity index (χ3v) is 4.80. The van der Waals surface area contributed by atoms with Gasteiger partial charge in [-0.1, -0.05) is 0 Å². The van der Waals surface area contributed by atoms with Gasteiger partial charge in [-0.15, -0.1) is 0 Å². The third-order valence-electron chi connectivity index (χ3n) is 4.80. The normalized spacial score (nSPS) is 21.4. The van der Waals surface area contributed by atoms with E-state index in [9.17, 15) is 9.59 Å². The van der Waals surface area contributed by atoms with Crippen molar-refractivity contribution in [1.29, 1.82) is 0 Å². The lowest BCUT2D eigenvalue weighted by molar-refractivity contribution is -0.131. The topological polar surface area (TPSA) is 58.4 Å². The van der Waals surface area contributed by atoms with Gasteiger partial charge in [-0.05, 0) is 45.8 Å². The number of nitrogens with zero attached hydrogens (tertiary/aromatic N) is 4. The van der Waals surface area contributed by atoms with E-state index in [1.165, 1.54) is 10.8 Å². The minimum Gasteiger partial charge on any atom is -0.344 e. The van der Waals surface area contributed by atoms with Crippen LogP contribution in [0.25, 0.3) is 0 Å². The van der Waals surface area contributed by atoms with Crippen molar-refractivity contribution in [1.82, 2.24) is 19.4 Å². The van der Waals surface area contributed by atoms with Gasteiger partial charge in [0.25, 0.3) is 0 Å². The van der Waals surface area contributed by atoms with Crippen LogP contribution in [0.3, 0.4) is 0 Å². The molecular weight excluding hydrogens is 268 g/mol. The molecule has 1 aliphatic heterocycles. The van der Waals surface area contributed by atoms with Gasteiger partial charge in [-0.25, -0.2) is 9.78 Å². The van der Waals surface area contributed by atoms with E-state index in [2.05, 4.69) is 30.8 Å². The second-order valence-electron chi connectivity index (χ2n) is 6.37. The van der Waals surface area contributed by atoms with Gasteiger partial charge in [0, 0.05) is 31.5 Å². The van der Waals surface area contributed by atoms with Gasteiger partial charge in [0.1, 0.15) is 6.54 Å². The molecular formula is C15H24N4O2. The molecule has 0 radical (unpaired) electrons. The van der Waals surface area contributed by atoms with Crippen LogP contribution in [0.1, 0.15) is 20.3 Å². The first kappa shape index (κ1) is 15.7. The van der Waals surface area contributed by atoms with E-state index in [0.717, 1.165) is 13.0 Å². The molecule has 1 saturated heterocycles. The van der Waals surface area contributed by atoms with Crippen molar-refractivity contribution in [2.75, 3.05) is 27.2 Å². The monoisotopic (exact) mass is 292 g/mol. The summed E-state index contributed by atoms with van der Waals surface area (Å²) in [5.74, 6) is 0.387. The summed E-state index contributed by atoms with van der Waals surface area (Å²) in [5, 5.41) is 0. The molecule has 0 unspecified atom stereocenters. The Kier molecular flexibility index (Phi) is 4.46. The highest BCUT2D eigenvalue weighted by Gasteiger charge is 2.39. The van der Waals surface area contributed by atoms with Crippen LogP contribution in [-0.2, 0) is 11.3 Å². The molecule has 1 amide bonds. The van der Waals surface area contributed by atoms with E-state index in [-0.39, 0.29) is 23.7 Å². The summed E-state index contributed by atoms with van der Waals surface area (Å²) in [5.41, 5.74) is -0.292. The number of amides is 1. The Labute approximate surface area is 125 Å². The summed E-state index contributed by atoms with van der Waals surface area (Å²) < 4.78 is 1.34. The summed E-state index contributed by atoms with van der Waals surface area (Å²) in [6.07, 6.45) is 4.12. The molecule has 2 heterocycles. The van der Waals surface area contributed by atoms with Crippen LogP contribution in [-0.4, -0.2) is 58.0 Å². The third kappa shape index (κ3) is 3.32. The van der Waals surface area contributed by atoms with Crippen LogP contribution in [0.4, 0.5) is 0 Å². The van der Waals surface area contributed by atoms with Crippen LogP contribution >= 0.6 is 0 Å². The van der Waals surface area contributed by atoms with Crippen molar-refractivity contribution in [3.8, 4) is 0 Å². The summed E-state index contributed by atoms with van der Waals surface area (Å²) >= 11 is 0. The number of hydrogen-bond donors (Lipinski definition) is 0. The molecule has 1 aromatic heterocycles. The van der Waals surface area contributed by atoms with Gasteiger partial charge in [0.15, 0.2) is 0 Å². The van der Waals surface area contributed by atoms with Crippen molar-refractivity contribution < 1.29 is 4.79 Å². The molecule has 0 bridgehead atoms. The molecule has 6 nitrogen and oxygen atoms in total. The van der Waals surface area contributed by atoms with Crippen LogP contribution in [0.5, 0.6) is 0 Å². The van der Waals surface area contributed by atoms with E-state index in [1.54, 1.807) is 24.2 Å². The second kappa shape index (κ2) is 5.97. The van der Waals surface area contributed by atoms with Crippen LogP contribution in [0, 0.1) is 5.92 Å². The second-order valence-corrected chi connectivity index (χ2v) is 6.37. The molecule has 1 atom stereocenters.